The van der Waals surface area contributed by atoms with Crippen molar-refractivity contribution in [2.24, 2.45) is 7.05 Å². The molecule has 1 N–H and O–H groups in total. The second-order valence-electron chi connectivity index (χ2n) is 5.44. The number of aromatic amines is 1. The molecule has 5 rings (SSSR count). The van der Waals surface area contributed by atoms with Crippen LogP contribution in [-0.4, -0.2) is 39.6 Å². The molecule has 0 aromatic carbocycles. The van der Waals surface area contributed by atoms with Gasteiger partial charge in [-0.05, 0) is 18.9 Å². The Morgan fingerprint density at radius 1 is 1.29 bits per heavy atom. The van der Waals surface area contributed by atoms with Crippen LogP contribution in [-0.2, 0) is 7.05 Å². The van der Waals surface area contributed by atoms with E-state index < -0.39 is 0 Å². The third kappa shape index (κ3) is 1.52. The molecule has 0 aliphatic heterocycles. The van der Waals surface area contributed by atoms with Gasteiger partial charge in [-0.3, -0.25) is 9.78 Å². The van der Waals surface area contributed by atoms with Gasteiger partial charge in [0.05, 0.1) is 11.6 Å². The van der Waals surface area contributed by atoms with E-state index in [4.69, 9.17) is 0 Å². The van der Waals surface area contributed by atoms with E-state index >= 15 is 0 Å². The molecule has 0 radical (unpaired) electrons. The van der Waals surface area contributed by atoms with Crippen molar-refractivity contribution in [1.82, 2.24) is 39.6 Å². The molecule has 0 saturated heterocycles. The Kier molecular flexibility index (Phi) is 1.91. The summed E-state index contributed by atoms with van der Waals surface area (Å²) >= 11 is 0. The fourth-order valence-corrected chi connectivity index (χ4v) is 2.60. The lowest BCUT2D eigenvalue weighted by molar-refractivity contribution is 0.783. The third-order valence-corrected chi connectivity index (χ3v) is 3.91. The largest absolute Gasteiger partial charge is 0.282 e. The Hall–Kier alpha value is -2.77. The molecule has 104 valence electrons. The number of nitrogens with one attached hydrogen (secondary N) is 1. The van der Waals surface area contributed by atoms with Crippen LogP contribution in [0.1, 0.15) is 24.5 Å². The lowest BCUT2D eigenvalue weighted by Crippen LogP contribution is -1.94. The minimum atomic E-state index is 0.608. The Labute approximate surface area is 118 Å². The van der Waals surface area contributed by atoms with Crippen LogP contribution in [0.4, 0.5) is 0 Å². The Balaban J connectivity index is 1.70. The zero-order chi connectivity index (χ0) is 14.0. The smallest absolute Gasteiger partial charge is 0.202 e. The predicted molar refractivity (Wildman–Crippen MR) is 74.6 cm³/mol. The first-order valence-electron chi connectivity index (χ1n) is 6.88. The van der Waals surface area contributed by atoms with E-state index in [0.29, 0.717) is 11.7 Å². The van der Waals surface area contributed by atoms with Crippen molar-refractivity contribution in [3.8, 4) is 11.5 Å². The lowest BCUT2D eigenvalue weighted by Gasteiger charge is -1.93. The highest BCUT2D eigenvalue weighted by molar-refractivity contribution is 5.88. The van der Waals surface area contributed by atoms with Gasteiger partial charge in [-0.25, -0.2) is 14.5 Å². The van der Waals surface area contributed by atoms with Crippen molar-refractivity contribution < 1.29 is 0 Å². The van der Waals surface area contributed by atoms with E-state index in [9.17, 15) is 0 Å². The van der Waals surface area contributed by atoms with Crippen LogP contribution in [0, 0.1) is 0 Å². The monoisotopic (exact) mass is 280 g/mol. The molecule has 0 amide bonds. The molecule has 0 atom stereocenters. The van der Waals surface area contributed by atoms with Crippen LogP contribution in [0.2, 0.25) is 0 Å². The van der Waals surface area contributed by atoms with Gasteiger partial charge in [0.25, 0.3) is 0 Å². The highest BCUT2D eigenvalue weighted by atomic mass is 15.3. The highest BCUT2D eigenvalue weighted by Crippen LogP contribution is 2.39. The van der Waals surface area contributed by atoms with Crippen molar-refractivity contribution in [3.63, 3.8) is 0 Å². The van der Waals surface area contributed by atoms with E-state index in [2.05, 4.69) is 30.4 Å². The van der Waals surface area contributed by atoms with Crippen molar-refractivity contribution >= 4 is 16.7 Å². The number of fused-ring (bicyclic) bond motifs is 3. The number of rotatable bonds is 2. The van der Waals surface area contributed by atoms with Gasteiger partial charge in [0.1, 0.15) is 12.0 Å². The van der Waals surface area contributed by atoms with Crippen molar-refractivity contribution in [2.75, 3.05) is 0 Å². The maximum atomic E-state index is 4.59. The van der Waals surface area contributed by atoms with Crippen molar-refractivity contribution in [2.45, 2.75) is 18.8 Å². The molecule has 1 aliphatic rings. The van der Waals surface area contributed by atoms with Gasteiger partial charge in [0, 0.05) is 18.7 Å². The van der Waals surface area contributed by atoms with E-state index in [1.165, 1.54) is 18.5 Å². The summed E-state index contributed by atoms with van der Waals surface area (Å²) in [4.78, 5) is 8.95. The summed E-state index contributed by atoms with van der Waals surface area (Å²) in [5, 5.41) is 17.0. The van der Waals surface area contributed by atoms with E-state index in [-0.39, 0.29) is 0 Å². The van der Waals surface area contributed by atoms with Crippen LogP contribution in [0.25, 0.3) is 28.2 Å². The highest BCUT2D eigenvalue weighted by Gasteiger charge is 2.26. The second kappa shape index (κ2) is 3.66. The molecule has 1 aliphatic carbocycles. The van der Waals surface area contributed by atoms with Gasteiger partial charge in [-0.2, -0.15) is 10.2 Å². The summed E-state index contributed by atoms with van der Waals surface area (Å²) in [6.07, 6.45) is 5.89. The van der Waals surface area contributed by atoms with E-state index in [0.717, 1.165) is 22.4 Å². The SMILES string of the molecule is Cn1ncc2c1ncn1nc(-c3cc(C4CC4)[nH]n3)nc21. The van der Waals surface area contributed by atoms with Gasteiger partial charge in [-0.1, -0.05) is 0 Å². The quantitative estimate of drug-likeness (QED) is 0.597. The van der Waals surface area contributed by atoms with Crippen LogP contribution >= 0.6 is 0 Å². The average molecular weight is 280 g/mol. The summed E-state index contributed by atoms with van der Waals surface area (Å²) in [5.41, 5.74) is 3.49. The summed E-state index contributed by atoms with van der Waals surface area (Å²) in [6.45, 7) is 0. The molecule has 0 bridgehead atoms. The normalized spacial score (nSPS) is 15.3. The first-order valence-corrected chi connectivity index (χ1v) is 6.88. The molecule has 21 heavy (non-hydrogen) atoms. The van der Waals surface area contributed by atoms with Gasteiger partial charge in [-0.15, -0.1) is 5.10 Å². The summed E-state index contributed by atoms with van der Waals surface area (Å²) in [5.74, 6) is 1.24. The molecule has 8 heteroatoms. The third-order valence-electron chi connectivity index (χ3n) is 3.91. The van der Waals surface area contributed by atoms with Crippen LogP contribution in [0.5, 0.6) is 0 Å². The van der Waals surface area contributed by atoms with E-state index in [1.807, 2.05) is 13.1 Å². The Morgan fingerprint density at radius 3 is 3.05 bits per heavy atom. The van der Waals surface area contributed by atoms with Crippen molar-refractivity contribution in [1.29, 1.82) is 0 Å². The zero-order valence-electron chi connectivity index (χ0n) is 11.4. The number of hydrogen-bond acceptors (Lipinski definition) is 5. The molecule has 1 saturated carbocycles. The molecule has 0 unspecified atom stereocenters. The van der Waals surface area contributed by atoms with Crippen LogP contribution in [0.15, 0.2) is 18.6 Å². The Morgan fingerprint density at radius 2 is 2.19 bits per heavy atom. The van der Waals surface area contributed by atoms with Gasteiger partial charge in [0.15, 0.2) is 11.3 Å². The molecular weight excluding hydrogens is 268 g/mol. The molecule has 0 spiro atoms. The minimum Gasteiger partial charge on any atom is -0.282 e. The fourth-order valence-electron chi connectivity index (χ4n) is 2.60. The molecular formula is C13H12N8. The molecule has 8 nitrogen and oxygen atoms in total. The average Bonchev–Trinajstić information content (AvgIpc) is 2.93. The van der Waals surface area contributed by atoms with Crippen LogP contribution in [0.3, 0.4) is 0 Å². The van der Waals surface area contributed by atoms with Crippen LogP contribution < -0.4 is 0 Å². The van der Waals surface area contributed by atoms with Gasteiger partial charge >= 0.3 is 0 Å². The number of aryl methyl sites for hydroxylation is 1. The maximum absolute atomic E-state index is 4.59. The zero-order valence-corrected chi connectivity index (χ0v) is 11.4. The molecule has 4 heterocycles. The summed E-state index contributed by atoms with van der Waals surface area (Å²) in [6, 6.07) is 2.04. The van der Waals surface area contributed by atoms with Crippen molar-refractivity contribution in [3.05, 3.63) is 24.3 Å². The maximum Gasteiger partial charge on any atom is 0.202 e. The first-order chi connectivity index (χ1) is 10.3. The topological polar surface area (TPSA) is 89.6 Å². The number of H-pyrrole nitrogens is 1. The first kappa shape index (κ1) is 11.0. The molecule has 1 fully saturated rings. The number of aromatic nitrogens is 8. The summed E-state index contributed by atoms with van der Waals surface area (Å²) in [7, 11) is 1.86. The van der Waals surface area contributed by atoms with Gasteiger partial charge < -0.3 is 0 Å². The predicted octanol–water partition coefficient (Wildman–Crippen LogP) is 1.28. The lowest BCUT2D eigenvalue weighted by atomic mass is 10.2. The van der Waals surface area contributed by atoms with Gasteiger partial charge in [0.2, 0.25) is 5.82 Å². The number of nitrogens with zero attached hydrogens (tertiary/aromatic N) is 7. The summed E-state index contributed by atoms with van der Waals surface area (Å²) < 4.78 is 3.40. The molecule has 4 aromatic heterocycles. The minimum absolute atomic E-state index is 0.608. The number of hydrogen-bond donors (Lipinski definition) is 1. The Bertz CT molecular complexity index is 971. The molecule has 4 aromatic rings. The fraction of sp³-hybridized carbons (Fsp3) is 0.308. The standard InChI is InChI=1S/C13H12N8/c1-20-12-8(5-15-20)13-16-11(19-21(13)6-14-12)10-4-9(17-18-10)7-2-3-7/h4-7H,2-3H2,1H3,(H,17,18). The van der Waals surface area contributed by atoms with E-state index in [1.54, 1.807) is 21.7 Å². The second-order valence-corrected chi connectivity index (χ2v) is 5.44.